The van der Waals surface area contributed by atoms with Crippen molar-refractivity contribution in [1.29, 1.82) is 0 Å². The van der Waals surface area contributed by atoms with Crippen molar-refractivity contribution in [3.63, 3.8) is 0 Å². The number of aryl methyl sites for hydroxylation is 2. The lowest BCUT2D eigenvalue weighted by Gasteiger charge is -2.18. The normalized spacial score (nSPS) is 17.6. The Hall–Kier alpha value is -1.76. The summed E-state index contributed by atoms with van der Waals surface area (Å²) in [5, 5.41) is 3.71. The van der Waals surface area contributed by atoms with Crippen LogP contribution in [0.3, 0.4) is 0 Å². The van der Waals surface area contributed by atoms with Gasteiger partial charge in [0, 0.05) is 5.69 Å². The van der Waals surface area contributed by atoms with Gasteiger partial charge in [0.15, 0.2) is 0 Å². The number of hydrogen-bond donors (Lipinski definition) is 1. The molecular formula is C17H19N. The standard InChI is InChI=1S/C17H19N/c1-12-6-5-9-16(13(12)2)18-17-11-10-14-7-3-4-8-15(14)17/h3-9,17-18H,10-11H2,1-2H3. The predicted molar refractivity (Wildman–Crippen MR) is 77.0 cm³/mol. The molecule has 1 unspecified atom stereocenters. The third kappa shape index (κ3) is 1.90. The lowest BCUT2D eigenvalue weighted by Crippen LogP contribution is -2.08. The summed E-state index contributed by atoms with van der Waals surface area (Å²) in [5.41, 5.74) is 6.96. The van der Waals surface area contributed by atoms with E-state index in [0.29, 0.717) is 6.04 Å². The number of rotatable bonds is 2. The highest BCUT2D eigenvalue weighted by molar-refractivity contribution is 5.56. The molecule has 0 bridgehead atoms. The molecule has 2 aromatic carbocycles. The highest BCUT2D eigenvalue weighted by Gasteiger charge is 2.21. The van der Waals surface area contributed by atoms with Crippen molar-refractivity contribution in [2.45, 2.75) is 32.7 Å². The summed E-state index contributed by atoms with van der Waals surface area (Å²) < 4.78 is 0. The van der Waals surface area contributed by atoms with Crippen LogP contribution >= 0.6 is 0 Å². The zero-order valence-corrected chi connectivity index (χ0v) is 11.0. The average Bonchev–Trinajstić information content (AvgIpc) is 2.79. The zero-order valence-electron chi connectivity index (χ0n) is 11.0. The maximum absolute atomic E-state index is 3.71. The maximum Gasteiger partial charge on any atom is 0.0519 e. The molecule has 0 heterocycles. The van der Waals surface area contributed by atoms with Gasteiger partial charge in [0.2, 0.25) is 0 Å². The van der Waals surface area contributed by atoms with Crippen molar-refractivity contribution in [2.75, 3.05) is 5.32 Å². The van der Waals surface area contributed by atoms with Gasteiger partial charge in [0.05, 0.1) is 6.04 Å². The van der Waals surface area contributed by atoms with E-state index in [9.17, 15) is 0 Å². The molecule has 1 atom stereocenters. The van der Waals surface area contributed by atoms with Gasteiger partial charge < -0.3 is 5.32 Å². The average molecular weight is 237 g/mol. The summed E-state index contributed by atoms with van der Waals surface area (Å²) in [7, 11) is 0. The molecule has 0 aliphatic heterocycles. The second kappa shape index (κ2) is 4.49. The van der Waals surface area contributed by atoms with E-state index in [1.165, 1.54) is 40.8 Å². The molecule has 18 heavy (non-hydrogen) atoms. The largest absolute Gasteiger partial charge is 0.378 e. The van der Waals surface area contributed by atoms with Gasteiger partial charge in [0.1, 0.15) is 0 Å². The molecule has 3 rings (SSSR count). The molecule has 1 N–H and O–H groups in total. The van der Waals surface area contributed by atoms with Crippen LogP contribution in [0.25, 0.3) is 0 Å². The van der Waals surface area contributed by atoms with Crippen molar-refractivity contribution in [2.24, 2.45) is 0 Å². The van der Waals surface area contributed by atoms with Crippen molar-refractivity contribution in [3.05, 3.63) is 64.7 Å². The fourth-order valence-electron chi connectivity index (χ4n) is 2.80. The summed E-state index contributed by atoms with van der Waals surface area (Å²) in [4.78, 5) is 0. The molecular weight excluding hydrogens is 218 g/mol. The summed E-state index contributed by atoms with van der Waals surface area (Å²) in [5.74, 6) is 0. The monoisotopic (exact) mass is 237 g/mol. The summed E-state index contributed by atoms with van der Waals surface area (Å²) in [6, 6.07) is 15.7. The fourth-order valence-corrected chi connectivity index (χ4v) is 2.80. The summed E-state index contributed by atoms with van der Waals surface area (Å²) in [6.45, 7) is 4.36. The molecule has 0 spiro atoms. The van der Waals surface area contributed by atoms with Crippen molar-refractivity contribution in [1.82, 2.24) is 0 Å². The van der Waals surface area contributed by atoms with Gasteiger partial charge in [-0.3, -0.25) is 0 Å². The molecule has 92 valence electrons. The van der Waals surface area contributed by atoms with Crippen LogP contribution in [0.15, 0.2) is 42.5 Å². The Bertz CT molecular complexity index is 572. The Kier molecular flexibility index (Phi) is 2.83. The summed E-state index contributed by atoms with van der Waals surface area (Å²) >= 11 is 0. The first-order valence-electron chi connectivity index (χ1n) is 6.66. The van der Waals surface area contributed by atoms with Gasteiger partial charge in [-0.2, -0.15) is 0 Å². The van der Waals surface area contributed by atoms with Crippen LogP contribution < -0.4 is 5.32 Å². The minimum Gasteiger partial charge on any atom is -0.378 e. The second-order valence-electron chi connectivity index (χ2n) is 5.18. The molecule has 0 radical (unpaired) electrons. The smallest absolute Gasteiger partial charge is 0.0519 e. The Morgan fingerprint density at radius 2 is 1.83 bits per heavy atom. The first-order chi connectivity index (χ1) is 8.75. The Morgan fingerprint density at radius 3 is 2.72 bits per heavy atom. The summed E-state index contributed by atoms with van der Waals surface area (Å²) in [6.07, 6.45) is 2.39. The number of benzene rings is 2. The van der Waals surface area contributed by atoms with Crippen molar-refractivity contribution in [3.8, 4) is 0 Å². The maximum atomic E-state index is 3.71. The number of fused-ring (bicyclic) bond motifs is 1. The molecule has 0 saturated carbocycles. The van der Waals surface area contributed by atoms with Gasteiger partial charge in [-0.15, -0.1) is 0 Å². The van der Waals surface area contributed by atoms with Crippen molar-refractivity contribution < 1.29 is 0 Å². The molecule has 1 aliphatic carbocycles. The molecule has 0 fully saturated rings. The molecule has 0 saturated heterocycles. The van der Waals surface area contributed by atoms with Crippen LogP contribution in [0.1, 0.15) is 34.7 Å². The van der Waals surface area contributed by atoms with E-state index in [2.05, 4.69) is 61.6 Å². The number of hydrogen-bond acceptors (Lipinski definition) is 1. The number of anilines is 1. The van der Waals surface area contributed by atoms with Crippen LogP contribution in [0.5, 0.6) is 0 Å². The van der Waals surface area contributed by atoms with Crippen LogP contribution in [-0.2, 0) is 6.42 Å². The van der Waals surface area contributed by atoms with Crippen LogP contribution in [0.2, 0.25) is 0 Å². The quantitative estimate of drug-likeness (QED) is 0.816. The number of nitrogens with one attached hydrogen (secondary N) is 1. The SMILES string of the molecule is Cc1cccc(NC2CCc3ccccc32)c1C. The second-order valence-corrected chi connectivity index (χ2v) is 5.18. The molecule has 1 aliphatic rings. The molecule has 2 aromatic rings. The van der Waals surface area contributed by atoms with Gasteiger partial charge >= 0.3 is 0 Å². The van der Waals surface area contributed by atoms with Crippen LogP contribution in [-0.4, -0.2) is 0 Å². The minimum absolute atomic E-state index is 0.474. The lowest BCUT2D eigenvalue weighted by molar-refractivity contribution is 0.761. The van der Waals surface area contributed by atoms with E-state index in [4.69, 9.17) is 0 Å². The lowest BCUT2D eigenvalue weighted by atomic mass is 10.1. The van der Waals surface area contributed by atoms with Crippen LogP contribution in [0, 0.1) is 13.8 Å². The molecule has 0 amide bonds. The van der Waals surface area contributed by atoms with E-state index < -0.39 is 0 Å². The predicted octanol–water partition coefficient (Wildman–Crippen LogP) is 4.40. The fraction of sp³-hybridized carbons (Fsp3) is 0.294. The molecule has 0 aromatic heterocycles. The minimum atomic E-state index is 0.474. The topological polar surface area (TPSA) is 12.0 Å². The first-order valence-corrected chi connectivity index (χ1v) is 6.66. The van der Waals surface area contributed by atoms with E-state index in [1.807, 2.05) is 0 Å². The van der Waals surface area contributed by atoms with Gasteiger partial charge in [0.25, 0.3) is 0 Å². The highest BCUT2D eigenvalue weighted by atomic mass is 14.9. The Morgan fingerprint density at radius 1 is 1.00 bits per heavy atom. The van der Waals surface area contributed by atoms with Gasteiger partial charge in [-0.1, -0.05) is 36.4 Å². The first kappa shape index (κ1) is 11.3. The molecule has 1 nitrogen and oxygen atoms in total. The third-order valence-electron chi connectivity index (χ3n) is 4.07. The Labute approximate surface area is 109 Å². The van der Waals surface area contributed by atoms with E-state index >= 15 is 0 Å². The van der Waals surface area contributed by atoms with Crippen LogP contribution in [0.4, 0.5) is 5.69 Å². The van der Waals surface area contributed by atoms with Crippen molar-refractivity contribution >= 4 is 5.69 Å². The Balaban J connectivity index is 1.89. The zero-order chi connectivity index (χ0) is 12.5. The molecule has 1 heteroatoms. The van der Waals surface area contributed by atoms with Gasteiger partial charge in [-0.05, 0) is 55.0 Å². The van der Waals surface area contributed by atoms with Gasteiger partial charge in [-0.25, -0.2) is 0 Å². The third-order valence-corrected chi connectivity index (χ3v) is 4.07. The van der Waals surface area contributed by atoms with E-state index in [-0.39, 0.29) is 0 Å². The highest BCUT2D eigenvalue weighted by Crippen LogP contribution is 2.34. The van der Waals surface area contributed by atoms with E-state index in [0.717, 1.165) is 0 Å². The van der Waals surface area contributed by atoms with E-state index in [1.54, 1.807) is 0 Å².